The normalized spacial score (nSPS) is 12.3. The summed E-state index contributed by atoms with van der Waals surface area (Å²) >= 11 is 3.66. The molecule has 0 radical (unpaired) electrons. The van der Waals surface area contributed by atoms with Crippen LogP contribution in [0.2, 0.25) is 0 Å². The third kappa shape index (κ3) is 3.12. The molecule has 0 fully saturated rings. The zero-order valence-corrected chi connectivity index (χ0v) is 14.8. The highest BCUT2D eigenvalue weighted by Gasteiger charge is 2.16. The number of benzene rings is 3. The standard InChI is InChI=1S/C20H19BrO2/c1-13-6-3-4-7-14(13)12-18(22)17-11-10-15-16(20(17)21)8-5-9-19(15)23-2/h3-11,18,22H,12H2,1-2H3. The Morgan fingerprint density at radius 2 is 1.78 bits per heavy atom. The molecule has 0 aliphatic heterocycles. The Hall–Kier alpha value is -1.84. The van der Waals surface area contributed by atoms with Gasteiger partial charge >= 0.3 is 0 Å². The molecule has 0 aromatic heterocycles. The number of fused-ring (bicyclic) bond motifs is 1. The van der Waals surface area contributed by atoms with E-state index >= 15 is 0 Å². The van der Waals surface area contributed by atoms with Crippen LogP contribution in [0.4, 0.5) is 0 Å². The van der Waals surface area contributed by atoms with Crippen molar-refractivity contribution < 1.29 is 9.84 Å². The number of ether oxygens (including phenoxy) is 1. The van der Waals surface area contributed by atoms with Crippen LogP contribution in [0.15, 0.2) is 59.1 Å². The van der Waals surface area contributed by atoms with Crippen LogP contribution in [-0.4, -0.2) is 12.2 Å². The van der Waals surface area contributed by atoms with E-state index in [0.29, 0.717) is 6.42 Å². The van der Waals surface area contributed by atoms with E-state index in [4.69, 9.17) is 4.74 Å². The number of hydrogen-bond donors (Lipinski definition) is 1. The third-order valence-corrected chi connectivity index (χ3v) is 5.12. The molecule has 23 heavy (non-hydrogen) atoms. The van der Waals surface area contributed by atoms with Crippen molar-refractivity contribution >= 4 is 26.7 Å². The average Bonchev–Trinajstić information content (AvgIpc) is 2.57. The topological polar surface area (TPSA) is 29.5 Å². The first kappa shape index (κ1) is 16.0. The first-order valence-corrected chi connectivity index (χ1v) is 8.39. The van der Waals surface area contributed by atoms with Gasteiger partial charge in [0, 0.05) is 16.3 Å². The van der Waals surface area contributed by atoms with Crippen LogP contribution >= 0.6 is 15.9 Å². The molecule has 0 bridgehead atoms. The highest BCUT2D eigenvalue weighted by Crippen LogP contribution is 2.36. The molecule has 1 N–H and O–H groups in total. The molecule has 0 aliphatic carbocycles. The predicted molar refractivity (Wildman–Crippen MR) is 98.0 cm³/mol. The number of rotatable bonds is 4. The maximum atomic E-state index is 10.7. The lowest BCUT2D eigenvalue weighted by atomic mass is 9.96. The lowest BCUT2D eigenvalue weighted by Crippen LogP contribution is -2.04. The molecule has 0 aliphatic rings. The van der Waals surface area contributed by atoms with Crippen molar-refractivity contribution in [2.45, 2.75) is 19.4 Å². The fourth-order valence-electron chi connectivity index (χ4n) is 2.90. The molecular formula is C20H19BrO2. The fraction of sp³-hybridized carbons (Fsp3) is 0.200. The van der Waals surface area contributed by atoms with Crippen LogP contribution in [0.25, 0.3) is 10.8 Å². The first-order chi connectivity index (χ1) is 11.1. The Morgan fingerprint density at radius 3 is 2.52 bits per heavy atom. The molecule has 3 rings (SSSR count). The minimum absolute atomic E-state index is 0.555. The smallest absolute Gasteiger partial charge is 0.126 e. The van der Waals surface area contributed by atoms with Crippen molar-refractivity contribution in [2.75, 3.05) is 7.11 Å². The van der Waals surface area contributed by atoms with E-state index in [-0.39, 0.29) is 0 Å². The Balaban J connectivity index is 2.00. The minimum atomic E-state index is -0.555. The molecule has 0 spiro atoms. The summed E-state index contributed by atoms with van der Waals surface area (Å²) in [5, 5.41) is 12.8. The van der Waals surface area contributed by atoms with Crippen LogP contribution < -0.4 is 4.74 Å². The highest BCUT2D eigenvalue weighted by atomic mass is 79.9. The van der Waals surface area contributed by atoms with Gasteiger partial charge in [0.15, 0.2) is 0 Å². The van der Waals surface area contributed by atoms with Crippen LogP contribution in [0.5, 0.6) is 5.75 Å². The maximum absolute atomic E-state index is 10.7. The van der Waals surface area contributed by atoms with Gasteiger partial charge in [-0.05, 0) is 51.0 Å². The van der Waals surface area contributed by atoms with E-state index in [0.717, 1.165) is 32.1 Å². The van der Waals surface area contributed by atoms with E-state index in [2.05, 4.69) is 35.0 Å². The summed E-state index contributed by atoms with van der Waals surface area (Å²) in [4.78, 5) is 0. The average molecular weight is 371 g/mol. The number of halogens is 1. The van der Waals surface area contributed by atoms with Gasteiger partial charge in [-0.1, -0.05) is 48.5 Å². The molecule has 0 saturated carbocycles. The van der Waals surface area contributed by atoms with Crippen molar-refractivity contribution in [2.24, 2.45) is 0 Å². The third-order valence-electron chi connectivity index (χ3n) is 4.24. The van der Waals surface area contributed by atoms with Crippen molar-refractivity contribution in [3.8, 4) is 5.75 Å². The largest absolute Gasteiger partial charge is 0.496 e. The first-order valence-electron chi connectivity index (χ1n) is 7.59. The van der Waals surface area contributed by atoms with Gasteiger partial charge in [0.2, 0.25) is 0 Å². The molecule has 0 saturated heterocycles. The Bertz CT molecular complexity index is 842. The summed E-state index contributed by atoms with van der Waals surface area (Å²) in [5.74, 6) is 0.836. The zero-order valence-electron chi connectivity index (χ0n) is 13.2. The molecule has 1 atom stereocenters. The van der Waals surface area contributed by atoms with Crippen LogP contribution in [0.3, 0.4) is 0 Å². The van der Waals surface area contributed by atoms with Gasteiger partial charge in [-0.25, -0.2) is 0 Å². The number of methoxy groups -OCH3 is 1. The lowest BCUT2D eigenvalue weighted by molar-refractivity contribution is 0.177. The second-order valence-corrected chi connectivity index (χ2v) is 6.46. The van der Waals surface area contributed by atoms with Crippen molar-refractivity contribution in [3.63, 3.8) is 0 Å². The zero-order chi connectivity index (χ0) is 16.4. The molecule has 3 aromatic carbocycles. The molecule has 0 amide bonds. The summed E-state index contributed by atoms with van der Waals surface area (Å²) in [6.07, 6.45) is 0.0434. The van der Waals surface area contributed by atoms with E-state index in [1.807, 2.05) is 42.5 Å². The SMILES string of the molecule is COc1cccc2c(Br)c(C(O)Cc3ccccc3C)ccc12. The molecule has 1 unspecified atom stereocenters. The van der Waals surface area contributed by atoms with Crippen LogP contribution in [0.1, 0.15) is 22.8 Å². The molecule has 3 aromatic rings. The molecule has 118 valence electrons. The fourth-order valence-corrected chi connectivity index (χ4v) is 3.64. The Labute approximate surface area is 144 Å². The van der Waals surface area contributed by atoms with Gasteiger partial charge in [-0.3, -0.25) is 0 Å². The number of hydrogen-bond acceptors (Lipinski definition) is 2. The van der Waals surface area contributed by atoms with Gasteiger partial charge in [-0.2, -0.15) is 0 Å². The summed E-state index contributed by atoms with van der Waals surface area (Å²) in [5.41, 5.74) is 3.26. The van der Waals surface area contributed by atoms with Crippen molar-refractivity contribution in [1.82, 2.24) is 0 Å². The van der Waals surface area contributed by atoms with Gasteiger partial charge in [0.1, 0.15) is 5.75 Å². The number of aliphatic hydroxyl groups is 1. The predicted octanol–water partition coefficient (Wildman–Crippen LogP) is 5.20. The van der Waals surface area contributed by atoms with Gasteiger partial charge in [0.05, 0.1) is 13.2 Å². The van der Waals surface area contributed by atoms with Crippen molar-refractivity contribution in [3.05, 3.63) is 75.8 Å². The monoisotopic (exact) mass is 370 g/mol. The summed E-state index contributed by atoms with van der Waals surface area (Å²) in [6.45, 7) is 2.07. The molecular weight excluding hydrogens is 352 g/mol. The van der Waals surface area contributed by atoms with Gasteiger partial charge < -0.3 is 9.84 Å². The van der Waals surface area contributed by atoms with Crippen LogP contribution in [-0.2, 0) is 6.42 Å². The highest BCUT2D eigenvalue weighted by molar-refractivity contribution is 9.10. The van der Waals surface area contributed by atoms with E-state index < -0.39 is 6.10 Å². The summed E-state index contributed by atoms with van der Waals surface area (Å²) in [6, 6.07) is 18.1. The van der Waals surface area contributed by atoms with Gasteiger partial charge in [0.25, 0.3) is 0 Å². The number of aliphatic hydroxyl groups excluding tert-OH is 1. The minimum Gasteiger partial charge on any atom is -0.496 e. The van der Waals surface area contributed by atoms with E-state index in [1.165, 1.54) is 5.56 Å². The lowest BCUT2D eigenvalue weighted by Gasteiger charge is -2.16. The summed E-state index contributed by atoms with van der Waals surface area (Å²) in [7, 11) is 1.67. The summed E-state index contributed by atoms with van der Waals surface area (Å²) < 4.78 is 6.34. The van der Waals surface area contributed by atoms with E-state index in [1.54, 1.807) is 7.11 Å². The molecule has 2 nitrogen and oxygen atoms in total. The van der Waals surface area contributed by atoms with Crippen LogP contribution in [0, 0.1) is 6.92 Å². The quantitative estimate of drug-likeness (QED) is 0.684. The molecule has 0 heterocycles. The Morgan fingerprint density at radius 1 is 1.00 bits per heavy atom. The Kier molecular flexibility index (Phi) is 4.69. The second kappa shape index (κ2) is 6.73. The molecule has 3 heteroatoms. The maximum Gasteiger partial charge on any atom is 0.126 e. The van der Waals surface area contributed by atoms with Gasteiger partial charge in [-0.15, -0.1) is 0 Å². The second-order valence-electron chi connectivity index (χ2n) is 5.67. The van der Waals surface area contributed by atoms with Crippen molar-refractivity contribution in [1.29, 1.82) is 0 Å². The number of aryl methyl sites for hydroxylation is 1. The van der Waals surface area contributed by atoms with E-state index in [9.17, 15) is 5.11 Å².